The van der Waals surface area contributed by atoms with Crippen molar-refractivity contribution >= 4 is 28.3 Å². The smallest absolute Gasteiger partial charge is 0.299 e. The number of hydrogen-bond acceptors (Lipinski definition) is 2. The van der Waals surface area contributed by atoms with Crippen LogP contribution >= 0.6 is 0 Å². The van der Waals surface area contributed by atoms with Crippen molar-refractivity contribution in [2.75, 3.05) is 4.90 Å². The highest BCUT2D eigenvalue weighted by Crippen LogP contribution is 2.23. The Kier molecular flexibility index (Phi) is 4.72. The number of H-pyrrole nitrogens is 1. The van der Waals surface area contributed by atoms with E-state index in [1.165, 1.54) is 29.3 Å². The van der Waals surface area contributed by atoms with Gasteiger partial charge in [-0.2, -0.15) is 0 Å². The number of ketones is 1. The van der Waals surface area contributed by atoms with Gasteiger partial charge in [0.1, 0.15) is 5.82 Å². The number of fused-ring (bicyclic) bond motifs is 1. The first-order chi connectivity index (χ1) is 13.6. The van der Waals surface area contributed by atoms with Crippen LogP contribution in [0.5, 0.6) is 0 Å². The van der Waals surface area contributed by atoms with Gasteiger partial charge in [-0.15, -0.1) is 0 Å². The molecule has 1 amide bonds. The van der Waals surface area contributed by atoms with Gasteiger partial charge in [-0.1, -0.05) is 48.5 Å². The van der Waals surface area contributed by atoms with E-state index in [9.17, 15) is 14.0 Å². The van der Waals surface area contributed by atoms with Crippen LogP contribution in [-0.4, -0.2) is 16.7 Å². The summed E-state index contributed by atoms with van der Waals surface area (Å²) in [7, 11) is 0. The first-order valence-electron chi connectivity index (χ1n) is 8.85. The van der Waals surface area contributed by atoms with E-state index in [4.69, 9.17) is 0 Å². The molecule has 28 heavy (non-hydrogen) atoms. The molecule has 4 nitrogen and oxygen atoms in total. The quantitative estimate of drug-likeness (QED) is 0.407. The first-order valence-corrected chi connectivity index (χ1v) is 8.85. The summed E-state index contributed by atoms with van der Waals surface area (Å²) < 4.78 is 13.4. The molecule has 4 aromatic rings. The van der Waals surface area contributed by atoms with Crippen molar-refractivity contribution in [1.29, 1.82) is 0 Å². The standard InChI is InChI=1S/C23H17FN2O2/c24-17-11-12-19-20(14-25-21(19)13-17)22(27)23(28)26(18-9-5-2-6-10-18)15-16-7-3-1-4-8-16/h1-14,25H,15H2. The molecule has 0 aliphatic heterocycles. The highest BCUT2D eigenvalue weighted by atomic mass is 19.1. The van der Waals surface area contributed by atoms with Crippen LogP contribution in [0.15, 0.2) is 85.1 Å². The number of para-hydroxylation sites is 1. The molecule has 0 radical (unpaired) electrons. The molecule has 1 aromatic heterocycles. The molecule has 1 N–H and O–H groups in total. The number of nitrogens with one attached hydrogen (secondary N) is 1. The Balaban J connectivity index is 1.70. The zero-order chi connectivity index (χ0) is 19.5. The number of hydrogen-bond donors (Lipinski definition) is 1. The highest BCUT2D eigenvalue weighted by molar-refractivity contribution is 6.48. The molecule has 1 heterocycles. The SMILES string of the molecule is O=C(C(=O)N(Cc1ccccc1)c1ccccc1)c1c[nH]c2cc(F)ccc12. The number of amides is 1. The van der Waals surface area contributed by atoms with Crippen molar-refractivity contribution in [2.45, 2.75) is 6.54 Å². The lowest BCUT2D eigenvalue weighted by molar-refractivity contribution is -0.114. The van der Waals surface area contributed by atoms with E-state index >= 15 is 0 Å². The van der Waals surface area contributed by atoms with Gasteiger partial charge < -0.3 is 9.88 Å². The van der Waals surface area contributed by atoms with Gasteiger partial charge >= 0.3 is 0 Å². The summed E-state index contributed by atoms with van der Waals surface area (Å²) in [5.41, 5.74) is 2.25. The molecular formula is C23H17FN2O2. The van der Waals surface area contributed by atoms with Crippen LogP contribution in [0.2, 0.25) is 0 Å². The average molecular weight is 372 g/mol. The minimum atomic E-state index is -0.641. The summed E-state index contributed by atoms with van der Waals surface area (Å²) >= 11 is 0. The van der Waals surface area contributed by atoms with E-state index in [1.54, 1.807) is 12.1 Å². The molecule has 0 aliphatic rings. The number of carbonyl (C=O) groups is 2. The van der Waals surface area contributed by atoms with E-state index in [1.807, 2.05) is 48.5 Å². The third-order valence-electron chi connectivity index (χ3n) is 4.58. The van der Waals surface area contributed by atoms with Gasteiger partial charge in [-0.05, 0) is 35.9 Å². The average Bonchev–Trinajstić information content (AvgIpc) is 3.15. The first kappa shape index (κ1) is 17.7. The highest BCUT2D eigenvalue weighted by Gasteiger charge is 2.26. The summed E-state index contributed by atoms with van der Waals surface area (Å²) in [6.07, 6.45) is 1.45. The van der Waals surface area contributed by atoms with E-state index < -0.39 is 17.5 Å². The third-order valence-corrected chi connectivity index (χ3v) is 4.58. The maximum atomic E-state index is 13.4. The molecule has 0 spiro atoms. The van der Waals surface area contributed by atoms with Crippen LogP contribution in [0, 0.1) is 5.82 Å². The number of halogens is 1. The van der Waals surface area contributed by atoms with E-state index in [2.05, 4.69) is 4.98 Å². The minimum absolute atomic E-state index is 0.231. The molecule has 0 saturated heterocycles. The molecule has 138 valence electrons. The maximum absolute atomic E-state index is 13.4. The van der Waals surface area contributed by atoms with Gasteiger partial charge in [0.15, 0.2) is 0 Å². The summed E-state index contributed by atoms with van der Waals surface area (Å²) in [6, 6.07) is 22.6. The van der Waals surface area contributed by atoms with Crippen LogP contribution in [0.1, 0.15) is 15.9 Å². The second kappa shape index (κ2) is 7.48. The van der Waals surface area contributed by atoms with Gasteiger partial charge in [0, 0.05) is 22.8 Å². The Bertz CT molecular complexity index is 1140. The minimum Gasteiger partial charge on any atom is -0.360 e. The molecule has 3 aromatic carbocycles. The van der Waals surface area contributed by atoms with Crippen molar-refractivity contribution in [2.24, 2.45) is 0 Å². The molecule has 0 saturated carbocycles. The topological polar surface area (TPSA) is 53.2 Å². The number of benzene rings is 3. The number of Topliss-reactive ketones (excluding diaryl/α,β-unsaturated/α-hetero) is 1. The van der Waals surface area contributed by atoms with Crippen molar-refractivity contribution in [3.63, 3.8) is 0 Å². The van der Waals surface area contributed by atoms with Crippen LogP contribution in [0.3, 0.4) is 0 Å². The lowest BCUT2D eigenvalue weighted by atomic mass is 10.1. The van der Waals surface area contributed by atoms with Gasteiger partial charge in [-0.25, -0.2) is 4.39 Å². The number of aromatic nitrogens is 1. The van der Waals surface area contributed by atoms with Gasteiger partial charge in [0.05, 0.1) is 12.1 Å². The van der Waals surface area contributed by atoms with Crippen LogP contribution in [0.25, 0.3) is 10.9 Å². The number of nitrogens with zero attached hydrogens (tertiary/aromatic N) is 1. The van der Waals surface area contributed by atoms with Crippen molar-refractivity contribution in [3.05, 3.63) is 102 Å². The fourth-order valence-corrected chi connectivity index (χ4v) is 3.18. The number of rotatable bonds is 5. The number of anilines is 1. The van der Waals surface area contributed by atoms with Gasteiger partial charge in [0.2, 0.25) is 0 Å². The van der Waals surface area contributed by atoms with E-state index in [-0.39, 0.29) is 12.1 Å². The van der Waals surface area contributed by atoms with E-state index in [0.717, 1.165) is 5.56 Å². The monoisotopic (exact) mass is 372 g/mol. The molecule has 0 atom stereocenters. The summed E-state index contributed by atoms with van der Waals surface area (Å²) in [5, 5.41) is 0.521. The zero-order valence-corrected chi connectivity index (χ0v) is 14.9. The molecule has 0 aliphatic carbocycles. The third kappa shape index (κ3) is 3.42. The van der Waals surface area contributed by atoms with Gasteiger partial charge in [-0.3, -0.25) is 9.59 Å². The van der Waals surface area contributed by atoms with Gasteiger partial charge in [0.25, 0.3) is 11.7 Å². The fraction of sp³-hybridized carbons (Fsp3) is 0.0435. The number of carbonyl (C=O) groups excluding carboxylic acids is 2. The maximum Gasteiger partial charge on any atom is 0.299 e. The second-order valence-corrected chi connectivity index (χ2v) is 6.43. The fourth-order valence-electron chi connectivity index (χ4n) is 3.18. The Hall–Kier alpha value is -3.73. The van der Waals surface area contributed by atoms with Crippen LogP contribution < -0.4 is 4.90 Å². The molecular weight excluding hydrogens is 355 g/mol. The predicted octanol–water partition coefficient (Wildman–Crippen LogP) is 4.72. The molecule has 0 fully saturated rings. The Morgan fingerprint density at radius 1 is 0.893 bits per heavy atom. The van der Waals surface area contributed by atoms with E-state index in [0.29, 0.717) is 16.6 Å². The van der Waals surface area contributed by atoms with Crippen molar-refractivity contribution in [1.82, 2.24) is 4.98 Å². The molecule has 4 rings (SSSR count). The molecule has 0 unspecified atom stereocenters. The Labute approximate surface area is 161 Å². The zero-order valence-electron chi connectivity index (χ0n) is 14.9. The predicted molar refractivity (Wildman–Crippen MR) is 107 cm³/mol. The van der Waals surface area contributed by atoms with Crippen LogP contribution in [0.4, 0.5) is 10.1 Å². The van der Waals surface area contributed by atoms with Crippen molar-refractivity contribution in [3.8, 4) is 0 Å². The lowest BCUT2D eigenvalue weighted by Gasteiger charge is -2.22. The summed E-state index contributed by atoms with van der Waals surface area (Å²) in [6.45, 7) is 0.270. The summed E-state index contributed by atoms with van der Waals surface area (Å²) in [4.78, 5) is 30.5. The molecule has 5 heteroatoms. The molecule has 0 bridgehead atoms. The largest absolute Gasteiger partial charge is 0.360 e. The van der Waals surface area contributed by atoms with Crippen LogP contribution in [-0.2, 0) is 11.3 Å². The van der Waals surface area contributed by atoms with Crippen molar-refractivity contribution < 1.29 is 14.0 Å². The Morgan fingerprint density at radius 2 is 1.57 bits per heavy atom. The normalized spacial score (nSPS) is 10.8. The Morgan fingerprint density at radius 3 is 2.29 bits per heavy atom. The number of aromatic amines is 1. The lowest BCUT2D eigenvalue weighted by Crippen LogP contribution is -2.36. The summed E-state index contributed by atoms with van der Waals surface area (Å²) in [5.74, 6) is -1.69. The second-order valence-electron chi connectivity index (χ2n) is 6.43.